The summed E-state index contributed by atoms with van der Waals surface area (Å²) in [6.45, 7) is 1.03. The minimum atomic E-state index is -0.135. The molecule has 0 aromatic heterocycles. The molecule has 2 N–H and O–H groups in total. The van der Waals surface area contributed by atoms with Crippen LogP contribution in [0.5, 0.6) is 0 Å². The van der Waals surface area contributed by atoms with E-state index in [4.69, 9.17) is 5.11 Å². The van der Waals surface area contributed by atoms with Gasteiger partial charge in [-0.15, -0.1) is 0 Å². The molecule has 0 saturated heterocycles. The van der Waals surface area contributed by atoms with Gasteiger partial charge in [-0.2, -0.15) is 0 Å². The standard InChI is InChI=1S/C25H32N2O3/c28-17-8-4-7-16-26-22-15-14-21-23-19(22)12-9-13-20(23)24(29)27(25(21)30)18-10-5-2-1-3-6-11-18/h9,12-15,18,26,28H,1-8,10-11,16-17H2. The second kappa shape index (κ2) is 9.61. The number of aliphatic hydroxyl groups is 1. The number of unbranched alkanes of at least 4 members (excludes halogenated alkanes) is 2. The van der Waals surface area contributed by atoms with E-state index in [9.17, 15) is 9.59 Å². The van der Waals surface area contributed by atoms with Gasteiger partial charge in [0.15, 0.2) is 0 Å². The third kappa shape index (κ3) is 4.08. The molecule has 1 heterocycles. The fraction of sp³-hybridized carbons (Fsp3) is 0.520. The SMILES string of the molecule is O=C1c2cccc3c(NCCCCCO)ccc(c23)C(=O)N1C1CCCCCCC1. The average molecular weight is 409 g/mol. The fourth-order valence-electron chi connectivity index (χ4n) is 4.93. The predicted octanol–water partition coefficient (Wildman–Crippen LogP) is 5.12. The van der Waals surface area contributed by atoms with Gasteiger partial charge in [0.2, 0.25) is 0 Å². The highest BCUT2D eigenvalue weighted by molar-refractivity contribution is 6.26. The van der Waals surface area contributed by atoms with Crippen LogP contribution >= 0.6 is 0 Å². The molecule has 1 fully saturated rings. The number of rotatable bonds is 7. The van der Waals surface area contributed by atoms with E-state index in [-0.39, 0.29) is 24.5 Å². The van der Waals surface area contributed by atoms with Crippen LogP contribution in [0.25, 0.3) is 10.8 Å². The fourth-order valence-corrected chi connectivity index (χ4v) is 4.93. The third-order valence-electron chi connectivity index (χ3n) is 6.53. The lowest BCUT2D eigenvalue weighted by molar-refractivity contribution is 0.0513. The Morgan fingerprint density at radius 1 is 0.867 bits per heavy atom. The number of carbonyl (C=O) groups is 2. The van der Waals surface area contributed by atoms with Crippen molar-refractivity contribution in [2.45, 2.75) is 70.3 Å². The topological polar surface area (TPSA) is 69.6 Å². The molecule has 1 saturated carbocycles. The van der Waals surface area contributed by atoms with Gasteiger partial charge in [0.05, 0.1) is 0 Å². The van der Waals surface area contributed by atoms with E-state index in [0.29, 0.717) is 11.1 Å². The Labute approximate surface area is 178 Å². The number of benzene rings is 2. The molecule has 160 valence electrons. The lowest BCUT2D eigenvalue weighted by Crippen LogP contribution is -2.47. The third-order valence-corrected chi connectivity index (χ3v) is 6.53. The minimum absolute atomic E-state index is 0.0121. The Balaban J connectivity index is 1.63. The number of nitrogens with zero attached hydrogens (tertiary/aromatic N) is 1. The summed E-state index contributed by atoms with van der Waals surface area (Å²) in [7, 11) is 0. The van der Waals surface area contributed by atoms with E-state index in [0.717, 1.165) is 68.0 Å². The maximum atomic E-state index is 13.4. The monoisotopic (exact) mass is 408 g/mol. The van der Waals surface area contributed by atoms with E-state index in [1.54, 1.807) is 4.90 Å². The Hall–Kier alpha value is -2.40. The summed E-state index contributed by atoms with van der Waals surface area (Å²) < 4.78 is 0. The largest absolute Gasteiger partial charge is 0.396 e. The van der Waals surface area contributed by atoms with Crippen molar-refractivity contribution in [2.75, 3.05) is 18.5 Å². The summed E-state index contributed by atoms with van der Waals surface area (Å²) in [5.41, 5.74) is 2.25. The maximum absolute atomic E-state index is 13.4. The number of amides is 2. The molecule has 2 aromatic rings. The molecule has 30 heavy (non-hydrogen) atoms. The molecule has 0 unspecified atom stereocenters. The predicted molar refractivity (Wildman–Crippen MR) is 120 cm³/mol. The highest BCUT2D eigenvalue weighted by Crippen LogP contribution is 2.36. The normalized spacial score (nSPS) is 17.8. The van der Waals surface area contributed by atoms with Gasteiger partial charge in [-0.3, -0.25) is 14.5 Å². The first-order valence-corrected chi connectivity index (χ1v) is 11.5. The van der Waals surface area contributed by atoms with Crippen molar-refractivity contribution in [3.8, 4) is 0 Å². The molecule has 1 aliphatic carbocycles. The summed E-state index contributed by atoms with van der Waals surface area (Å²) in [5, 5.41) is 14.1. The average Bonchev–Trinajstić information content (AvgIpc) is 2.73. The number of anilines is 1. The Morgan fingerprint density at radius 3 is 2.30 bits per heavy atom. The number of aliphatic hydroxyl groups excluding tert-OH is 1. The van der Waals surface area contributed by atoms with Gasteiger partial charge < -0.3 is 10.4 Å². The molecule has 5 heteroatoms. The van der Waals surface area contributed by atoms with Gasteiger partial charge in [-0.25, -0.2) is 0 Å². The Morgan fingerprint density at radius 2 is 1.57 bits per heavy atom. The van der Waals surface area contributed by atoms with Crippen molar-refractivity contribution in [3.05, 3.63) is 41.5 Å². The molecule has 1 aliphatic heterocycles. The number of imide groups is 1. The van der Waals surface area contributed by atoms with Crippen molar-refractivity contribution in [1.82, 2.24) is 4.90 Å². The van der Waals surface area contributed by atoms with Gasteiger partial charge in [-0.1, -0.05) is 44.2 Å². The lowest BCUT2D eigenvalue weighted by atomic mass is 9.89. The molecule has 4 rings (SSSR count). The first-order valence-electron chi connectivity index (χ1n) is 11.5. The highest BCUT2D eigenvalue weighted by atomic mass is 16.3. The van der Waals surface area contributed by atoms with Crippen molar-refractivity contribution < 1.29 is 14.7 Å². The molecule has 2 amide bonds. The van der Waals surface area contributed by atoms with E-state index in [1.165, 1.54) is 19.3 Å². The molecular formula is C25H32N2O3. The summed E-state index contributed by atoms with van der Waals surface area (Å²) >= 11 is 0. The van der Waals surface area contributed by atoms with Crippen molar-refractivity contribution in [2.24, 2.45) is 0 Å². The second-order valence-corrected chi connectivity index (χ2v) is 8.58. The molecular weight excluding hydrogens is 376 g/mol. The van der Waals surface area contributed by atoms with Crippen molar-refractivity contribution in [1.29, 1.82) is 0 Å². The van der Waals surface area contributed by atoms with Crippen LogP contribution in [0.1, 0.15) is 84.9 Å². The van der Waals surface area contributed by atoms with Gasteiger partial charge in [0, 0.05) is 46.8 Å². The van der Waals surface area contributed by atoms with Crippen LogP contribution in [0.3, 0.4) is 0 Å². The van der Waals surface area contributed by atoms with Crippen LogP contribution < -0.4 is 5.32 Å². The molecule has 2 aliphatic rings. The minimum Gasteiger partial charge on any atom is -0.396 e. The van der Waals surface area contributed by atoms with E-state index < -0.39 is 0 Å². The van der Waals surface area contributed by atoms with Crippen LogP contribution in [0, 0.1) is 0 Å². The van der Waals surface area contributed by atoms with Crippen LogP contribution in [0.4, 0.5) is 5.69 Å². The molecule has 5 nitrogen and oxygen atoms in total. The highest BCUT2D eigenvalue weighted by Gasteiger charge is 2.37. The zero-order valence-electron chi connectivity index (χ0n) is 17.7. The smallest absolute Gasteiger partial charge is 0.261 e. The van der Waals surface area contributed by atoms with Crippen molar-refractivity contribution >= 4 is 28.3 Å². The Kier molecular flexibility index (Phi) is 6.68. The molecule has 0 atom stereocenters. The van der Waals surface area contributed by atoms with Gasteiger partial charge in [0.25, 0.3) is 11.8 Å². The van der Waals surface area contributed by atoms with Crippen LogP contribution in [0.15, 0.2) is 30.3 Å². The zero-order valence-corrected chi connectivity index (χ0v) is 17.7. The summed E-state index contributed by atoms with van der Waals surface area (Å²) in [5.74, 6) is -0.271. The molecule has 0 spiro atoms. The number of hydrogen-bond donors (Lipinski definition) is 2. The quantitative estimate of drug-likeness (QED) is 0.493. The number of carbonyl (C=O) groups excluding carboxylic acids is 2. The van der Waals surface area contributed by atoms with Crippen molar-refractivity contribution in [3.63, 3.8) is 0 Å². The molecule has 2 aromatic carbocycles. The van der Waals surface area contributed by atoms with Gasteiger partial charge in [0.1, 0.15) is 0 Å². The summed E-state index contributed by atoms with van der Waals surface area (Å²) in [6.07, 6.45) is 10.4. The van der Waals surface area contributed by atoms with Crippen LogP contribution in [-0.2, 0) is 0 Å². The Bertz CT molecular complexity index is 894. The van der Waals surface area contributed by atoms with Gasteiger partial charge >= 0.3 is 0 Å². The first kappa shape index (κ1) is 20.9. The maximum Gasteiger partial charge on any atom is 0.261 e. The van der Waals surface area contributed by atoms with Gasteiger partial charge in [-0.05, 0) is 50.3 Å². The summed E-state index contributed by atoms with van der Waals surface area (Å²) in [4.78, 5) is 28.4. The molecule has 0 bridgehead atoms. The van der Waals surface area contributed by atoms with E-state index in [1.807, 2.05) is 30.3 Å². The van der Waals surface area contributed by atoms with E-state index in [2.05, 4.69) is 5.32 Å². The molecule has 0 radical (unpaired) electrons. The van der Waals surface area contributed by atoms with E-state index >= 15 is 0 Å². The number of hydrogen-bond acceptors (Lipinski definition) is 4. The lowest BCUT2D eigenvalue weighted by Gasteiger charge is -2.35. The second-order valence-electron chi connectivity index (χ2n) is 8.58. The van der Waals surface area contributed by atoms with Crippen LogP contribution in [0.2, 0.25) is 0 Å². The zero-order chi connectivity index (χ0) is 20.9. The summed E-state index contributed by atoms with van der Waals surface area (Å²) in [6, 6.07) is 9.64. The van der Waals surface area contributed by atoms with Crippen LogP contribution in [-0.4, -0.2) is 41.0 Å². The first-order chi connectivity index (χ1) is 14.7. The number of nitrogens with one attached hydrogen (secondary N) is 1.